The van der Waals surface area contributed by atoms with Crippen LogP contribution in [0.5, 0.6) is 0 Å². The lowest BCUT2D eigenvalue weighted by molar-refractivity contribution is 0.312. The van der Waals surface area contributed by atoms with Crippen LogP contribution >= 0.6 is 0 Å². The van der Waals surface area contributed by atoms with Gasteiger partial charge < -0.3 is 0 Å². The Morgan fingerprint density at radius 1 is 0.550 bits per heavy atom. The molecule has 1 atom stereocenters. The molecule has 0 bridgehead atoms. The molecule has 0 aromatic rings. The van der Waals surface area contributed by atoms with E-state index in [0.29, 0.717) is 0 Å². The monoisotopic (exact) mass is 282 g/mol. The zero-order chi connectivity index (χ0) is 15.2. The molecule has 0 aliphatic carbocycles. The van der Waals surface area contributed by atoms with Crippen molar-refractivity contribution in [1.29, 1.82) is 0 Å². The predicted molar refractivity (Wildman–Crippen MR) is 94.2 cm³/mol. The van der Waals surface area contributed by atoms with Gasteiger partial charge in [-0.3, -0.25) is 0 Å². The van der Waals surface area contributed by atoms with Crippen LogP contribution in [0.4, 0.5) is 0 Å². The Labute approximate surface area is 130 Å². The molecule has 1 unspecified atom stereocenters. The Balaban J connectivity index is 3.54. The third-order valence-electron chi connectivity index (χ3n) is 4.73. The zero-order valence-corrected chi connectivity index (χ0v) is 15.2. The van der Waals surface area contributed by atoms with E-state index in [1.807, 2.05) is 0 Å². The highest BCUT2D eigenvalue weighted by molar-refractivity contribution is 4.64. The van der Waals surface area contributed by atoms with Gasteiger partial charge >= 0.3 is 0 Å². The fourth-order valence-corrected chi connectivity index (χ4v) is 3.13. The molecular weight excluding hydrogens is 240 g/mol. The molecular formula is C20H42. The van der Waals surface area contributed by atoms with Crippen molar-refractivity contribution < 1.29 is 0 Å². The van der Waals surface area contributed by atoms with E-state index in [9.17, 15) is 0 Å². The van der Waals surface area contributed by atoms with E-state index < -0.39 is 0 Å². The van der Waals surface area contributed by atoms with E-state index in [0.717, 1.165) is 17.8 Å². The average molecular weight is 283 g/mol. The molecule has 0 aromatic carbocycles. The molecule has 0 N–H and O–H groups in total. The number of rotatable bonds is 14. The summed E-state index contributed by atoms with van der Waals surface area (Å²) in [4.78, 5) is 0. The summed E-state index contributed by atoms with van der Waals surface area (Å²) >= 11 is 0. The third kappa shape index (κ3) is 13.0. The SMILES string of the molecule is CCCCCCCC(CCCCCCC(C)C)C(C)C. The Kier molecular flexibility index (Phi) is 14.0. The van der Waals surface area contributed by atoms with Gasteiger partial charge in [0.25, 0.3) is 0 Å². The molecule has 0 spiro atoms. The lowest BCUT2D eigenvalue weighted by Gasteiger charge is -2.20. The Bertz CT molecular complexity index is 180. The summed E-state index contributed by atoms with van der Waals surface area (Å²) in [6.45, 7) is 11.8. The summed E-state index contributed by atoms with van der Waals surface area (Å²) in [6, 6.07) is 0. The highest BCUT2D eigenvalue weighted by Crippen LogP contribution is 2.25. The van der Waals surface area contributed by atoms with Gasteiger partial charge in [-0.1, -0.05) is 112 Å². The number of unbranched alkanes of at least 4 members (excludes halogenated alkanes) is 7. The second-order valence-electron chi connectivity index (χ2n) is 7.59. The largest absolute Gasteiger partial charge is 0.0654 e. The summed E-state index contributed by atoms with van der Waals surface area (Å²) in [5, 5.41) is 0. The second-order valence-corrected chi connectivity index (χ2v) is 7.59. The normalized spacial score (nSPS) is 13.3. The van der Waals surface area contributed by atoms with Gasteiger partial charge in [0.2, 0.25) is 0 Å². The first-order valence-electron chi connectivity index (χ1n) is 9.57. The van der Waals surface area contributed by atoms with Crippen LogP contribution in [-0.4, -0.2) is 0 Å². The van der Waals surface area contributed by atoms with E-state index in [1.54, 1.807) is 0 Å². The molecule has 0 radical (unpaired) electrons. The lowest BCUT2D eigenvalue weighted by Crippen LogP contribution is -2.08. The Morgan fingerprint density at radius 2 is 1.00 bits per heavy atom. The van der Waals surface area contributed by atoms with Crippen molar-refractivity contribution in [3.8, 4) is 0 Å². The van der Waals surface area contributed by atoms with E-state index in [4.69, 9.17) is 0 Å². The summed E-state index contributed by atoms with van der Waals surface area (Å²) in [5.74, 6) is 2.76. The van der Waals surface area contributed by atoms with Gasteiger partial charge in [0.15, 0.2) is 0 Å². The lowest BCUT2D eigenvalue weighted by atomic mass is 9.85. The van der Waals surface area contributed by atoms with Crippen molar-refractivity contribution in [1.82, 2.24) is 0 Å². The topological polar surface area (TPSA) is 0 Å². The predicted octanol–water partition coefficient (Wildman–Crippen LogP) is 7.62. The number of hydrogen-bond donors (Lipinski definition) is 0. The molecule has 122 valence electrons. The molecule has 0 amide bonds. The van der Waals surface area contributed by atoms with Gasteiger partial charge in [-0.15, -0.1) is 0 Å². The molecule has 0 saturated carbocycles. The highest BCUT2D eigenvalue weighted by Gasteiger charge is 2.12. The minimum absolute atomic E-state index is 0.886. The van der Waals surface area contributed by atoms with E-state index >= 15 is 0 Å². The fraction of sp³-hybridized carbons (Fsp3) is 1.00. The first-order valence-corrected chi connectivity index (χ1v) is 9.57. The maximum atomic E-state index is 2.43. The van der Waals surface area contributed by atoms with Gasteiger partial charge in [0.1, 0.15) is 0 Å². The molecule has 0 heteroatoms. The molecule has 0 aromatic heterocycles. The fourth-order valence-electron chi connectivity index (χ4n) is 3.13. The van der Waals surface area contributed by atoms with Gasteiger partial charge in [0.05, 0.1) is 0 Å². The highest BCUT2D eigenvalue weighted by atomic mass is 14.2. The standard InChI is InChI=1S/C20H42/c1-6-7-8-9-13-16-20(19(4)5)17-14-11-10-12-15-18(2)3/h18-20H,6-17H2,1-5H3. The molecule has 0 rings (SSSR count). The van der Waals surface area contributed by atoms with Crippen molar-refractivity contribution in [2.75, 3.05) is 0 Å². The molecule has 0 aliphatic rings. The van der Waals surface area contributed by atoms with Crippen molar-refractivity contribution in [3.63, 3.8) is 0 Å². The van der Waals surface area contributed by atoms with Gasteiger partial charge in [-0.05, 0) is 17.8 Å². The first-order chi connectivity index (χ1) is 9.57. The van der Waals surface area contributed by atoms with E-state index in [1.165, 1.54) is 77.0 Å². The summed E-state index contributed by atoms with van der Waals surface area (Å²) in [5.41, 5.74) is 0. The number of hydrogen-bond acceptors (Lipinski definition) is 0. The molecule has 0 aliphatic heterocycles. The second kappa shape index (κ2) is 14.0. The minimum atomic E-state index is 0.886. The van der Waals surface area contributed by atoms with Gasteiger partial charge in [-0.2, -0.15) is 0 Å². The van der Waals surface area contributed by atoms with E-state index in [-0.39, 0.29) is 0 Å². The van der Waals surface area contributed by atoms with Gasteiger partial charge in [-0.25, -0.2) is 0 Å². The zero-order valence-electron chi connectivity index (χ0n) is 15.2. The smallest absolute Gasteiger partial charge is 0.0391 e. The quantitative estimate of drug-likeness (QED) is 0.287. The Hall–Kier alpha value is 0. The molecule has 0 saturated heterocycles. The maximum Gasteiger partial charge on any atom is -0.0391 e. The van der Waals surface area contributed by atoms with Crippen LogP contribution < -0.4 is 0 Å². The van der Waals surface area contributed by atoms with Crippen LogP contribution in [0.15, 0.2) is 0 Å². The maximum absolute atomic E-state index is 2.43. The van der Waals surface area contributed by atoms with Crippen molar-refractivity contribution in [2.24, 2.45) is 17.8 Å². The van der Waals surface area contributed by atoms with Crippen LogP contribution in [0.1, 0.15) is 112 Å². The Morgan fingerprint density at radius 3 is 1.40 bits per heavy atom. The van der Waals surface area contributed by atoms with Crippen LogP contribution in [0.2, 0.25) is 0 Å². The third-order valence-corrected chi connectivity index (χ3v) is 4.73. The summed E-state index contributed by atoms with van der Waals surface area (Å²) in [6.07, 6.45) is 17.4. The van der Waals surface area contributed by atoms with Crippen molar-refractivity contribution in [2.45, 2.75) is 112 Å². The van der Waals surface area contributed by atoms with Crippen LogP contribution in [0, 0.1) is 17.8 Å². The molecule has 0 nitrogen and oxygen atoms in total. The van der Waals surface area contributed by atoms with Crippen LogP contribution in [-0.2, 0) is 0 Å². The first kappa shape index (κ1) is 20.0. The summed E-state index contributed by atoms with van der Waals surface area (Å²) < 4.78 is 0. The van der Waals surface area contributed by atoms with Crippen LogP contribution in [0.3, 0.4) is 0 Å². The average Bonchev–Trinajstić information content (AvgIpc) is 2.39. The van der Waals surface area contributed by atoms with Crippen LogP contribution in [0.25, 0.3) is 0 Å². The van der Waals surface area contributed by atoms with Gasteiger partial charge in [0, 0.05) is 0 Å². The van der Waals surface area contributed by atoms with Crippen molar-refractivity contribution >= 4 is 0 Å². The minimum Gasteiger partial charge on any atom is -0.0654 e. The molecule has 0 heterocycles. The summed E-state index contributed by atoms with van der Waals surface area (Å²) in [7, 11) is 0. The van der Waals surface area contributed by atoms with E-state index in [2.05, 4.69) is 34.6 Å². The van der Waals surface area contributed by atoms with Crippen molar-refractivity contribution in [3.05, 3.63) is 0 Å². The molecule has 0 fully saturated rings. The molecule has 20 heavy (non-hydrogen) atoms.